The lowest BCUT2D eigenvalue weighted by Gasteiger charge is -2.06. The van der Waals surface area contributed by atoms with Crippen LogP contribution in [0.1, 0.15) is 21.5 Å². The van der Waals surface area contributed by atoms with Gasteiger partial charge in [-0.15, -0.1) is 0 Å². The maximum Gasteiger partial charge on any atom is 0.337 e. The first kappa shape index (κ1) is 15.0. The summed E-state index contributed by atoms with van der Waals surface area (Å²) in [6, 6.07) is 11.1. The van der Waals surface area contributed by atoms with E-state index in [1.54, 1.807) is 25.4 Å². The predicted molar refractivity (Wildman–Crippen MR) is 79.1 cm³/mol. The summed E-state index contributed by atoms with van der Waals surface area (Å²) in [5, 5.41) is 3.32. The van der Waals surface area contributed by atoms with Crippen LogP contribution < -0.4 is 10.1 Å². The molecular weight excluding hydrogens is 268 g/mol. The number of carbonyl (C=O) groups is 1. The van der Waals surface area contributed by atoms with Crippen molar-refractivity contribution in [2.45, 2.75) is 13.1 Å². The Kier molecular flexibility index (Phi) is 5.29. The van der Waals surface area contributed by atoms with Gasteiger partial charge in [-0.1, -0.05) is 18.2 Å². The summed E-state index contributed by atoms with van der Waals surface area (Å²) in [5.41, 5.74) is 2.74. The molecule has 1 aromatic heterocycles. The maximum absolute atomic E-state index is 11.3. The van der Waals surface area contributed by atoms with Crippen molar-refractivity contribution in [3.8, 4) is 5.88 Å². The Hall–Kier alpha value is -2.40. The zero-order valence-electron chi connectivity index (χ0n) is 12.1. The number of nitrogens with zero attached hydrogens (tertiary/aromatic N) is 1. The number of carbonyl (C=O) groups excluding carboxylic acids is 1. The molecule has 2 aromatic rings. The molecule has 0 atom stereocenters. The van der Waals surface area contributed by atoms with Crippen LogP contribution in [0.15, 0.2) is 42.6 Å². The van der Waals surface area contributed by atoms with Crippen molar-refractivity contribution in [1.29, 1.82) is 0 Å². The average molecular weight is 286 g/mol. The first-order valence-electron chi connectivity index (χ1n) is 6.60. The topological polar surface area (TPSA) is 60.5 Å². The molecule has 0 amide bonds. The number of ether oxygens (including phenoxy) is 2. The minimum absolute atomic E-state index is 0.321. The van der Waals surface area contributed by atoms with Crippen molar-refractivity contribution in [2.24, 2.45) is 0 Å². The molecule has 1 aromatic carbocycles. The van der Waals surface area contributed by atoms with E-state index in [1.165, 1.54) is 7.11 Å². The van der Waals surface area contributed by atoms with E-state index in [4.69, 9.17) is 4.74 Å². The lowest BCUT2D eigenvalue weighted by Crippen LogP contribution is -2.13. The van der Waals surface area contributed by atoms with Crippen molar-refractivity contribution >= 4 is 5.97 Å². The molecule has 0 fully saturated rings. The van der Waals surface area contributed by atoms with Gasteiger partial charge >= 0.3 is 5.97 Å². The quantitative estimate of drug-likeness (QED) is 0.825. The van der Waals surface area contributed by atoms with Crippen molar-refractivity contribution in [2.75, 3.05) is 14.2 Å². The molecule has 1 N–H and O–H groups in total. The maximum atomic E-state index is 11.3. The van der Waals surface area contributed by atoms with Crippen LogP contribution in [0, 0.1) is 0 Å². The number of aromatic nitrogens is 1. The standard InChI is InChI=1S/C16H18N2O3/c1-20-15-8-5-13(11-18-15)10-17-9-12-3-6-14(7-4-12)16(19)21-2/h3-8,11,17H,9-10H2,1-2H3. The fourth-order valence-corrected chi connectivity index (χ4v) is 1.86. The molecule has 0 bridgehead atoms. The third kappa shape index (κ3) is 4.29. The van der Waals surface area contributed by atoms with E-state index in [1.807, 2.05) is 24.3 Å². The van der Waals surface area contributed by atoms with Crippen molar-refractivity contribution in [3.05, 3.63) is 59.3 Å². The number of pyridine rings is 1. The number of esters is 1. The second-order valence-corrected chi connectivity index (χ2v) is 4.50. The molecule has 0 saturated carbocycles. The van der Waals surface area contributed by atoms with Crippen molar-refractivity contribution < 1.29 is 14.3 Å². The predicted octanol–water partition coefficient (Wildman–Crippen LogP) is 2.17. The van der Waals surface area contributed by atoms with Gasteiger partial charge in [0, 0.05) is 25.4 Å². The van der Waals surface area contributed by atoms with Crippen LogP contribution >= 0.6 is 0 Å². The smallest absolute Gasteiger partial charge is 0.337 e. The molecule has 5 nitrogen and oxygen atoms in total. The number of hydrogen-bond acceptors (Lipinski definition) is 5. The Labute approximate surface area is 123 Å². The summed E-state index contributed by atoms with van der Waals surface area (Å²) in [6.07, 6.45) is 1.78. The van der Waals surface area contributed by atoms with Crippen molar-refractivity contribution in [3.63, 3.8) is 0 Å². The van der Waals surface area contributed by atoms with E-state index in [0.29, 0.717) is 18.0 Å². The molecule has 21 heavy (non-hydrogen) atoms. The van der Waals surface area contributed by atoms with E-state index in [0.717, 1.165) is 17.7 Å². The molecule has 0 spiro atoms. The minimum atomic E-state index is -0.321. The van der Waals surface area contributed by atoms with Gasteiger partial charge in [-0.3, -0.25) is 0 Å². The van der Waals surface area contributed by atoms with Gasteiger partial charge in [0.25, 0.3) is 0 Å². The summed E-state index contributed by atoms with van der Waals surface area (Å²) in [5.74, 6) is 0.288. The Bertz CT molecular complexity index is 579. The molecule has 0 aliphatic rings. The first-order chi connectivity index (χ1) is 10.2. The van der Waals surface area contributed by atoms with Gasteiger partial charge in [0.2, 0.25) is 5.88 Å². The summed E-state index contributed by atoms with van der Waals surface area (Å²) in [6.45, 7) is 1.43. The third-order valence-corrected chi connectivity index (χ3v) is 3.04. The summed E-state index contributed by atoms with van der Waals surface area (Å²) < 4.78 is 9.68. The monoisotopic (exact) mass is 286 g/mol. The Morgan fingerprint density at radius 2 is 1.71 bits per heavy atom. The summed E-state index contributed by atoms with van der Waals surface area (Å²) in [7, 11) is 2.97. The molecule has 0 unspecified atom stereocenters. The molecule has 0 saturated heterocycles. The van der Waals surface area contributed by atoms with Gasteiger partial charge in [0.1, 0.15) is 0 Å². The highest BCUT2D eigenvalue weighted by atomic mass is 16.5. The van der Waals surface area contributed by atoms with Crippen LogP contribution in [-0.2, 0) is 17.8 Å². The first-order valence-corrected chi connectivity index (χ1v) is 6.60. The van der Waals surface area contributed by atoms with Gasteiger partial charge in [0.05, 0.1) is 19.8 Å². The molecule has 1 heterocycles. The minimum Gasteiger partial charge on any atom is -0.481 e. The highest BCUT2D eigenvalue weighted by Crippen LogP contribution is 2.08. The summed E-state index contributed by atoms with van der Waals surface area (Å²) in [4.78, 5) is 15.5. The van der Waals surface area contributed by atoms with Gasteiger partial charge in [0.15, 0.2) is 0 Å². The van der Waals surface area contributed by atoms with E-state index in [-0.39, 0.29) is 5.97 Å². The van der Waals surface area contributed by atoms with Crippen molar-refractivity contribution in [1.82, 2.24) is 10.3 Å². The molecule has 0 radical (unpaired) electrons. The number of rotatable bonds is 6. The second-order valence-electron chi connectivity index (χ2n) is 4.50. The molecule has 0 aliphatic carbocycles. The van der Waals surface area contributed by atoms with Crippen LogP contribution in [0.3, 0.4) is 0 Å². The van der Waals surface area contributed by atoms with Crippen LogP contribution in [0.4, 0.5) is 0 Å². The Morgan fingerprint density at radius 1 is 1.05 bits per heavy atom. The molecule has 110 valence electrons. The zero-order valence-corrected chi connectivity index (χ0v) is 12.1. The lowest BCUT2D eigenvalue weighted by molar-refractivity contribution is 0.0600. The number of nitrogens with one attached hydrogen (secondary N) is 1. The van der Waals surface area contributed by atoms with Crippen LogP contribution in [0.25, 0.3) is 0 Å². The van der Waals surface area contributed by atoms with E-state index >= 15 is 0 Å². The van der Waals surface area contributed by atoms with Crippen LogP contribution in [0.2, 0.25) is 0 Å². The molecular formula is C16H18N2O3. The second kappa shape index (κ2) is 7.40. The number of benzene rings is 1. The highest BCUT2D eigenvalue weighted by Gasteiger charge is 2.04. The Balaban J connectivity index is 1.83. The fraction of sp³-hybridized carbons (Fsp3) is 0.250. The zero-order chi connectivity index (χ0) is 15.1. The molecule has 5 heteroatoms. The van der Waals surface area contributed by atoms with E-state index in [9.17, 15) is 4.79 Å². The summed E-state index contributed by atoms with van der Waals surface area (Å²) >= 11 is 0. The van der Waals surface area contributed by atoms with Crippen LogP contribution in [-0.4, -0.2) is 25.2 Å². The lowest BCUT2D eigenvalue weighted by atomic mass is 10.1. The largest absolute Gasteiger partial charge is 0.481 e. The highest BCUT2D eigenvalue weighted by molar-refractivity contribution is 5.89. The van der Waals surface area contributed by atoms with Gasteiger partial charge in [-0.25, -0.2) is 9.78 Å². The average Bonchev–Trinajstić information content (AvgIpc) is 2.55. The van der Waals surface area contributed by atoms with Gasteiger partial charge < -0.3 is 14.8 Å². The SMILES string of the molecule is COC(=O)c1ccc(CNCc2ccc(OC)nc2)cc1. The van der Waals surface area contributed by atoms with E-state index < -0.39 is 0 Å². The normalized spacial score (nSPS) is 10.2. The van der Waals surface area contributed by atoms with E-state index in [2.05, 4.69) is 15.0 Å². The number of hydrogen-bond donors (Lipinski definition) is 1. The van der Waals surface area contributed by atoms with Gasteiger partial charge in [-0.2, -0.15) is 0 Å². The third-order valence-electron chi connectivity index (χ3n) is 3.04. The van der Waals surface area contributed by atoms with Crippen LogP contribution in [0.5, 0.6) is 5.88 Å². The number of methoxy groups -OCH3 is 2. The fourth-order valence-electron chi connectivity index (χ4n) is 1.86. The molecule has 2 rings (SSSR count). The molecule has 0 aliphatic heterocycles. The van der Waals surface area contributed by atoms with Gasteiger partial charge in [-0.05, 0) is 23.3 Å². The Morgan fingerprint density at radius 3 is 2.29 bits per heavy atom.